The number of hydrogen-bond acceptors (Lipinski definition) is 5. The molecule has 3 nitrogen and oxygen atoms in total. The summed E-state index contributed by atoms with van der Waals surface area (Å²) in [6.45, 7) is 0. The number of nitrogens with zero attached hydrogens (tertiary/aromatic N) is 2. The van der Waals surface area contributed by atoms with E-state index >= 15 is 0 Å². The van der Waals surface area contributed by atoms with Gasteiger partial charge in [0.05, 0.1) is 31.8 Å². The first-order valence-electron chi connectivity index (χ1n) is 11.0. The van der Waals surface area contributed by atoms with Crippen molar-refractivity contribution in [1.82, 2.24) is 9.97 Å². The van der Waals surface area contributed by atoms with Gasteiger partial charge in [-0.3, -0.25) is 4.79 Å². The summed E-state index contributed by atoms with van der Waals surface area (Å²) in [5.74, 6) is 0. The molecule has 7 rings (SSSR count). The van der Waals surface area contributed by atoms with Gasteiger partial charge in [-0.2, -0.15) is 0 Å². The van der Waals surface area contributed by atoms with Gasteiger partial charge in [0.1, 0.15) is 0 Å². The molecule has 0 bridgehead atoms. The van der Waals surface area contributed by atoms with Gasteiger partial charge < -0.3 is 0 Å². The van der Waals surface area contributed by atoms with Crippen molar-refractivity contribution >= 4 is 64.7 Å². The minimum atomic E-state index is 0.0924. The Morgan fingerprint density at radius 1 is 0.500 bits per heavy atom. The number of rotatable bonds is 2. The van der Waals surface area contributed by atoms with E-state index in [1.165, 1.54) is 33.4 Å². The van der Waals surface area contributed by atoms with Gasteiger partial charge >= 0.3 is 0 Å². The highest BCUT2D eigenvalue weighted by atomic mass is 32.2. The number of aromatic nitrogens is 2. The molecule has 34 heavy (non-hydrogen) atoms. The van der Waals surface area contributed by atoms with Gasteiger partial charge in [-0.05, 0) is 45.8 Å². The number of fused-ring (bicyclic) bond motifs is 4. The summed E-state index contributed by atoms with van der Waals surface area (Å²) in [5.41, 5.74) is 5.33. The minimum Gasteiger partial charge on any atom is -0.265 e. The molecule has 0 fully saturated rings. The van der Waals surface area contributed by atoms with Crippen LogP contribution in [0.3, 0.4) is 0 Å². The van der Waals surface area contributed by atoms with E-state index in [-0.39, 0.29) is 4.06 Å². The highest BCUT2D eigenvalue weighted by Gasteiger charge is 2.16. The molecule has 2 heterocycles. The van der Waals surface area contributed by atoms with E-state index in [2.05, 4.69) is 84.9 Å². The molecule has 0 saturated carbocycles. The predicted molar refractivity (Wildman–Crippen MR) is 145 cm³/mol. The van der Waals surface area contributed by atoms with E-state index < -0.39 is 0 Å². The summed E-state index contributed by atoms with van der Waals surface area (Å²) in [5, 5.41) is 4.71. The van der Waals surface area contributed by atoms with Crippen LogP contribution < -0.4 is 4.06 Å². The monoisotopic (exact) mass is 472 g/mol. The van der Waals surface area contributed by atoms with E-state index in [1.807, 2.05) is 12.1 Å². The summed E-state index contributed by atoms with van der Waals surface area (Å²) in [4.78, 5) is 22.2. The van der Waals surface area contributed by atoms with Crippen LogP contribution in [0.2, 0.25) is 0 Å². The molecule has 160 valence electrons. The maximum atomic E-state index is 12.0. The van der Waals surface area contributed by atoms with Crippen LogP contribution in [0.1, 0.15) is 0 Å². The second kappa shape index (κ2) is 7.55. The van der Waals surface area contributed by atoms with Crippen LogP contribution in [0.4, 0.5) is 0 Å². The standard InChI is InChI=1S/C29H16N2OS2/c32-29-33-25-15-23-24(16-26(25)34-29)31-28(22-12-10-18-6-2-4-8-20(18)14-22)27(30-23)21-11-9-17-5-1-3-7-19(17)13-21/h1-16H. The summed E-state index contributed by atoms with van der Waals surface area (Å²) in [7, 11) is 0. The summed E-state index contributed by atoms with van der Waals surface area (Å²) in [6, 6.07) is 33.5. The Morgan fingerprint density at radius 3 is 1.41 bits per heavy atom. The van der Waals surface area contributed by atoms with E-state index in [4.69, 9.17) is 9.97 Å². The molecule has 2 aromatic heterocycles. The molecule has 0 N–H and O–H groups in total. The maximum absolute atomic E-state index is 12.0. The Kier molecular flexibility index (Phi) is 4.34. The van der Waals surface area contributed by atoms with Crippen molar-refractivity contribution in [3.63, 3.8) is 0 Å². The van der Waals surface area contributed by atoms with Gasteiger partial charge in [0.25, 0.3) is 4.06 Å². The third kappa shape index (κ3) is 3.21. The molecule has 5 heteroatoms. The Labute approximate surface area is 202 Å². The van der Waals surface area contributed by atoms with E-state index in [0.717, 1.165) is 53.7 Å². The van der Waals surface area contributed by atoms with Crippen molar-refractivity contribution in [1.29, 1.82) is 0 Å². The zero-order valence-electron chi connectivity index (χ0n) is 17.9. The topological polar surface area (TPSA) is 42.9 Å². The molecule has 0 amide bonds. The van der Waals surface area contributed by atoms with Gasteiger partial charge in [0.15, 0.2) is 0 Å². The third-order valence-corrected chi connectivity index (χ3v) is 8.24. The summed E-state index contributed by atoms with van der Waals surface area (Å²) in [6.07, 6.45) is 0. The first kappa shape index (κ1) is 19.5. The van der Waals surface area contributed by atoms with Crippen LogP contribution in [-0.4, -0.2) is 9.97 Å². The normalized spacial score (nSPS) is 11.6. The molecule has 0 radical (unpaired) electrons. The number of benzene rings is 5. The lowest BCUT2D eigenvalue weighted by atomic mass is 9.99. The van der Waals surface area contributed by atoms with Crippen molar-refractivity contribution < 1.29 is 0 Å². The fourth-order valence-electron chi connectivity index (χ4n) is 4.50. The average Bonchev–Trinajstić information content (AvgIpc) is 3.24. The van der Waals surface area contributed by atoms with Crippen LogP contribution in [-0.2, 0) is 0 Å². The van der Waals surface area contributed by atoms with Gasteiger partial charge in [-0.1, -0.05) is 95.5 Å². The average molecular weight is 473 g/mol. The zero-order chi connectivity index (χ0) is 22.6. The van der Waals surface area contributed by atoms with E-state index in [1.54, 1.807) is 0 Å². The molecular formula is C29H16N2OS2. The second-order valence-corrected chi connectivity index (χ2v) is 10.6. The largest absolute Gasteiger partial charge is 0.288 e. The van der Waals surface area contributed by atoms with E-state index in [0.29, 0.717) is 0 Å². The van der Waals surface area contributed by atoms with Crippen LogP contribution in [0.25, 0.3) is 64.5 Å². The molecule has 5 aromatic carbocycles. The fourth-order valence-corrected chi connectivity index (χ4v) is 6.47. The van der Waals surface area contributed by atoms with Crippen molar-refractivity contribution in [2.45, 2.75) is 0 Å². The molecular weight excluding hydrogens is 456 g/mol. The number of hydrogen-bond donors (Lipinski definition) is 0. The van der Waals surface area contributed by atoms with Crippen LogP contribution in [0, 0.1) is 0 Å². The molecule has 7 aromatic rings. The third-order valence-electron chi connectivity index (χ3n) is 6.16. The maximum Gasteiger partial charge on any atom is 0.288 e. The highest BCUT2D eigenvalue weighted by molar-refractivity contribution is 7.35. The van der Waals surface area contributed by atoms with Crippen LogP contribution in [0.15, 0.2) is 102 Å². The molecule has 0 aliphatic rings. The second-order valence-electron chi connectivity index (χ2n) is 8.29. The molecule has 0 unspecified atom stereocenters. The predicted octanol–water partition coefficient (Wildman–Crippen LogP) is 7.91. The first-order valence-corrected chi connectivity index (χ1v) is 12.6. The van der Waals surface area contributed by atoms with Gasteiger partial charge in [0, 0.05) is 11.1 Å². The van der Waals surface area contributed by atoms with Crippen molar-refractivity contribution in [3.05, 3.63) is 106 Å². The lowest BCUT2D eigenvalue weighted by Crippen LogP contribution is -1.96. The Morgan fingerprint density at radius 2 is 0.941 bits per heavy atom. The Hall–Kier alpha value is -3.93. The lowest BCUT2D eigenvalue weighted by Gasteiger charge is -2.12. The molecule has 0 aliphatic carbocycles. The smallest absolute Gasteiger partial charge is 0.265 e. The Balaban J connectivity index is 1.55. The van der Waals surface area contributed by atoms with Gasteiger partial charge in [0.2, 0.25) is 0 Å². The minimum absolute atomic E-state index is 0.0924. The van der Waals surface area contributed by atoms with Crippen molar-refractivity contribution in [2.75, 3.05) is 0 Å². The van der Waals surface area contributed by atoms with Crippen LogP contribution >= 0.6 is 22.7 Å². The summed E-state index contributed by atoms with van der Waals surface area (Å²) < 4.78 is 2.01. The van der Waals surface area contributed by atoms with E-state index in [9.17, 15) is 4.79 Å². The zero-order valence-corrected chi connectivity index (χ0v) is 19.5. The molecule has 0 spiro atoms. The SMILES string of the molecule is O=c1sc2cc3nc(-c4ccc5ccccc5c4)c(-c4ccc5ccccc5c4)nc3cc2s1. The first-order chi connectivity index (χ1) is 16.7. The Bertz CT molecular complexity index is 1810. The van der Waals surface area contributed by atoms with Crippen molar-refractivity contribution in [3.8, 4) is 22.5 Å². The summed E-state index contributed by atoms with van der Waals surface area (Å²) >= 11 is 2.54. The fraction of sp³-hybridized carbons (Fsp3) is 0. The molecule has 0 saturated heterocycles. The van der Waals surface area contributed by atoms with Crippen LogP contribution in [0.5, 0.6) is 0 Å². The lowest BCUT2D eigenvalue weighted by molar-refractivity contribution is 1.30. The molecule has 0 atom stereocenters. The van der Waals surface area contributed by atoms with Gasteiger partial charge in [-0.25, -0.2) is 9.97 Å². The van der Waals surface area contributed by atoms with Gasteiger partial charge in [-0.15, -0.1) is 0 Å². The molecule has 0 aliphatic heterocycles. The highest BCUT2D eigenvalue weighted by Crippen LogP contribution is 2.35. The van der Waals surface area contributed by atoms with Crippen molar-refractivity contribution in [2.24, 2.45) is 0 Å². The quantitative estimate of drug-likeness (QED) is 0.257.